The van der Waals surface area contributed by atoms with Gasteiger partial charge in [0.15, 0.2) is 0 Å². The van der Waals surface area contributed by atoms with Crippen LogP contribution in [0.4, 0.5) is 0 Å². The summed E-state index contributed by atoms with van der Waals surface area (Å²) in [5.74, 6) is 1.65. The Balaban J connectivity index is 1.39. The third-order valence-electron chi connectivity index (χ3n) is 6.23. The fraction of sp³-hybridized carbons (Fsp3) is 0.321. The predicted molar refractivity (Wildman–Crippen MR) is 137 cm³/mol. The smallest absolute Gasteiger partial charge is 0.135 e. The number of hydrogen-bond acceptors (Lipinski definition) is 6. The molecule has 0 N–H and O–H groups in total. The molecule has 6 heteroatoms. The zero-order chi connectivity index (χ0) is 23.3. The van der Waals surface area contributed by atoms with Crippen LogP contribution in [0.2, 0.25) is 0 Å². The van der Waals surface area contributed by atoms with E-state index < -0.39 is 0 Å². The van der Waals surface area contributed by atoms with E-state index in [1.165, 1.54) is 4.70 Å². The Labute approximate surface area is 204 Å². The van der Waals surface area contributed by atoms with E-state index in [4.69, 9.17) is 19.2 Å². The molecule has 1 aromatic heterocycles. The van der Waals surface area contributed by atoms with Crippen molar-refractivity contribution >= 4 is 21.6 Å². The minimum Gasteiger partial charge on any atom is -0.497 e. The predicted octanol–water partition coefficient (Wildman–Crippen LogP) is 6.08. The molecule has 1 atom stereocenters. The third kappa shape index (κ3) is 5.41. The molecule has 1 unspecified atom stereocenters. The van der Waals surface area contributed by atoms with Gasteiger partial charge in [0.1, 0.15) is 29.2 Å². The van der Waals surface area contributed by atoms with E-state index in [1.54, 1.807) is 18.4 Å². The molecule has 4 aromatic rings. The van der Waals surface area contributed by atoms with Crippen LogP contribution in [-0.2, 0) is 11.3 Å². The minimum absolute atomic E-state index is 0.217. The second-order valence-electron chi connectivity index (χ2n) is 8.75. The van der Waals surface area contributed by atoms with Gasteiger partial charge in [-0.25, -0.2) is 4.98 Å². The summed E-state index contributed by atoms with van der Waals surface area (Å²) in [6.07, 6.45) is 2.06. The molecule has 0 bridgehead atoms. The Morgan fingerprint density at radius 1 is 0.971 bits per heavy atom. The van der Waals surface area contributed by atoms with E-state index in [1.807, 2.05) is 42.5 Å². The van der Waals surface area contributed by atoms with Gasteiger partial charge < -0.3 is 19.1 Å². The third-order valence-corrected chi connectivity index (χ3v) is 7.31. The van der Waals surface area contributed by atoms with Gasteiger partial charge >= 0.3 is 0 Å². The molecule has 1 fully saturated rings. The highest BCUT2D eigenvalue weighted by Gasteiger charge is 2.26. The van der Waals surface area contributed by atoms with Gasteiger partial charge in [-0.15, -0.1) is 11.3 Å². The molecule has 5 nitrogen and oxygen atoms in total. The molecular weight excluding hydrogens is 444 g/mol. The summed E-state index contributed by atoms with van der Waals surface area (Å²) < 4.78 is 19.4. The van der Waals surface area contributed by atoms with Crippen LogP contribution in [0.5, 0.6) is 11.5 Å². The van der Waals surface area contributed by atoms with Crippen LogP contribution in [0, 0.1) is 0 Å². The monoisotopic (exact) mass is 474 g/mol. The lowest BCUT2D eigenvalue weighted by molar-refractivity contribution is -0.0235. The normalized spacial score (nSPS) is 15.9. The van der Waals surface area contributed by atoms with E-state index >= 15 is 0 Å². The zero-order valence-electron chi connectivity index (χ0n) is 19.6. The maximum atomic E-state index is 6.74. The van der Waals surface area contributed by atoms with E-state index in [2.05, 4.69) is 42.3 Å². The van der Waals surface area contributed by atoms with Crippen molar-refractivity contribution in [3.05, 3.63) is 88.9 Å². The molecule has 0 saturated carbocycles. The number of nitrogens with zero attached hydrogens (tertiary/aromatic N) is 2. The van der Waals surface area contributed by atoms with Crippen molar-refractivity contribution in [2.45, 2.75) is 31.7 Å². The lowest BCUT2D eigenvalue weighted by Crippen LogP contribution is -2.35. The van der Waals surface area contributed by atoms with Crippen molar-refractivity contribution in [1.29, 1.82) is 0 Å². The van der Waals surface area contributed by atoms with Crippen LogP contribution in [-0.4, -0.2) is 43.2 Å². The average Bonchev–Trinajstić information content (AvgIpc) is 3.31. The quantitative estimate of drug-likeness (QED) is 0.309. The Morgan fingerprint density at radius 3 is 2.59 bits per heavy atom. The first-order chi connectivity index (χ1) is 16.7. The number of benzene rings is 3. The lowest BCUT2D eigenvalue weighted by Gasteiger charge is -2.31. The number of aromatic nitrogens is 1. The van der Waals surface area contributed by atoms with Gasteiger partial charge in [0.2, 0.25) is 0 Å². The number of thiazole rings is 1. The molecule has 5 rings (SSSR count). The van der Waals surface area contributed by atoms with E-state index in [0.29, 0.717) is 6.61 Å². The molecule has 1 aliphatic heterocycles. The summed E-state index contributed by atoms with van der Waals surface area (Å²) in [6, 6.07) is 24.5. The number of para-hydroxylation sites is 1. The van der Waals surface area contributed by atoms with Crippen molar-refractivity contribution in [2.24, 2.45) is 0 Å². The molecule has 1 saturated heterocycles. The largest absolute Gasteiger partial charge is 0.497 e. The van der Waals surface area contributed by atoms with Crippen molar-refractivity contribution < 1.29 is 14.2 Å². The van der Waals surface area contributed by atoms with Crippen LogP contribution in [0.15, 0.2) is 72.8 Å². The van der Waals surface area contributed by atoms with Gasteiger partial charge in [-0.2, -0.15) is 0 Å². The second-order valence-corrected chi connectivity index (χ2v) is 9.81. The minimum atomic E-state index is -0.217. The lowest BCUT2D eigenvalue weighted by atomic mass is 10.1. The maximum Gasteiger partial charge on any atom is 0.135 e. The molecule has 0 aliphatic carbocycles. The SMILES string of the molecule is COc1cccc(COc2cccc(C(OC3CCN(C)CC3)c3nc4ccccc4s3)c2)c1. The Bertz CT molecular complexity index is 1200. The number of piperidine rings is 1. The van der Waals surface area contributed by atoms with Crippen molar-refractivity contribution in [3.63, 3.8) is 0 Å². The number of likely N-dealkylation sites (tertiary alicyclic amines) is 1. The summed E-state index contributed by atoms with van der Waals surface area (Å²) in [7, 11) is 3.85. The van der Waals surface area contributed by atoms with Crippen molar-refractivity contribution in [3.8, 4) is 11.5 Å². The average molecular weight is 475 g/mol. The standard InChI is InChI=1S/C28H30N2O3S/c1-30-15-13-22(14-16-30)33-27(28-29-25-11-3-4-12-26(25)34-28)21-8-6-10-24(18-21)32-19-20-7-5-9-23(17-20)31-2/h3-12,17-18,22,27H,13-16,19H2,1-2H3. The fourth-order valence-electron chi connectivity index (χ4n) is 4.29. The van der Waals surface area contributed by atoms with Gasteiger partial charge in [-0.05, 0) is 67.4 Å². The van der Waals surface area contributed by atoms with Gasteiger partial charge in [0.25, 0.3) is 0 Å². The highest BCUT2D eigenvalue weighted by atomic mass is 32.1. The maximum absolute atomic E-state index is 6.74. The summed E-state index contributed by atoms with van der Waals surface area (Å²) in [6.45, 7) is 2.59. The van der Waals surface area contributed by atoms with Crippen LogP contribution >= 0.6 is 11.3 Å². The van der Waals surface area contributed by atoms with Gasteiger partial charge in [0, 0.05) is 13.1 Å². The summed E-state index contributed by atoms with van der Waals surface area (Å²) >= 11 is 1.71. The Hall–Kier alpha value is -2.93. The second kappa shape index (κ2) is 10.6. The molecule has 0 radical (unpaired) electrons. The number of methoxy groups -OCH3 is 1. The number of rotatable bonds is 8. The summed E-state index contributed by atoms with van der Waals surface area (Å²) in [5, 5.41) is 0.991. The van der Waals surface area contributed by atoms with Crippen LogP contribution in [0.1, 0.15) is 35.1 Å². The van der Waals surface area contributed by atoms with E-state index in [-0.39, 0.29) is 12.2 Å². The van der Waals surface area contributed by atoms with Gasteiger partial charge in [-0.1, -0.05) is 36.4 Å². The Kier molecular flexibility index (Phi) is 7.09. The molecule has 2 heterocycles. The van der Waals surface area contributed by atoms with E-state index in [9.17, 15) is 0 Å². The highest BCUT2D eigenvalue weighted by molar-refractivity contribution is 7.18. The molecule has 0 spiro atoms. The van der Waals surface area contributed by atoms with Crippen LogP contribution in [0.3, 0.4) is 0 Å². The molecule has 3 aromatic carbocycles. The molecular formula is C28H30N2O3S. The van der Waals surface area contributed by atoms with E-state index in [0.717, 1.165) is 59.1 Å². The fourth-order valence-corrected chi connectivity index (χ4v) is 5.32. The molecule has 1 aliphatic rings. The highest BCUT2D eigenvalue weighted by Crippen LogP contribution is 2.36. The molecule has 0 amide bonds. The van der Waals surface area contributed by atoms with Crippen LogP contribution < -0.4 is 9.47 Å². The zero-order valence-corrected chi connectivity index (χ0v) is 20.5. The first-order valence-corrected chi connectivity index (χ1v) is 12.5. The summed E-state index contributed by atoms with van der Waals surface area (Å²) in [5.41, 5.74) is 3.15. The molecule has 34 heavy (non-hydrogen) atoms. The first kappa shape index (κ1) is 22.8. The van der Waals surface area contributed by atoms with Crippen molar-refractivity contribution in [1.82, 2.24) is 9.88 Å². The number of hydrogen-bond donors (Lipinski definition) is 0. The van der Waals surface area contributed by atoms with Crippen molar-refractivity contribution in [2.75, 3.05) is 27.2 Å². The number of fused-ring (bicyclic) bond motifs is 1. The summed E-state index contributed by atoms with van der Waals surface area (Å²) in [4.78, 5) is 7.30. The topological polar surface area (TPSA) is 43.8 Å². The van der Waals surface area contributed by atoms with Gasteiger partial charge in [0.05, 0.1) is 23.4 Å². The molecule has 176 valence electrons. The van der Waals surface area contributed by atoms with Gasteiger partial charge in [-0.3, -0.25) is 0 Å². The van der Waals surface area contributed by atoms with Crippen LogP contribution in [0.25, 0.3) is 10.2 Å². The number of ether oxygens (including phenoxy) is 3. The first-order valence-electron chi connectivity index (χ1n) is 11.7. The Morgan fingerprint density at radius 2 is 1.76 bits per heavy atom.